The Kier molecular flexibility index (Phi) is 7.10. The minimum absolute atomic E-state index is 0.331. The van der Waals surface area contributed by atoms with Gasteiger partial charge in [-0.15, -0.1) is 0 Å². The Bertz CT molecular complexity index is 359. The minimum Gasteiger partial charge on any atom is -0.357 e. The van der Waals surface area contributed by atoms with E-state index < -0.39 is 0 Å². The van der Waals surface area contributed by atoms with Gasteiger partial charge < -0.3 is 9.80 Å². The van der Waals surface area contributed by atoms with Crippen LogP contribution in [0.5, 0.6) is 0 Å². The molecule has 0 aliphatic rings. The quantitative estimate of drug-likeness (QED) is 0.687. The molecule has 1 aromatic rings. The highest BCUT2D eigenvalue weighted by molar-refractivity contribution is 6.28. The maximum absolute atomic E-state index is 5.92. The summed E-state index contributed by atoms with van der Waals surface area (Å²) in [6.07, 6.45) is 1.14. The van der Waals surface area contributed by atoms with E-state index in [1.807, 2.05) is 13.0 Å². The van der Waals surface area contributed by atoms with Crippen molar-refractivity contribution in [2.45, 2.75) is 34.1 Å². The highest BCUT2D eigenvalue weighted by Gasteiger charge is 2.09. The molecule has 0 atom stereocenters. The van der Waals surface area contributed by atoms with Crippen molar-refractivity contribution in [2.24, 2.45) is 0 Å². The minimum atomic E-state index is 0.331. The molecule has 108 valence electrons. The molecule has 0 spiro atoms. The van der Waals surface area contributed by atoms with Crippen molar-refractivity contribution < 1.29 is 0 Å². The van der Waals surface area contributed by atoms with E-state index in [9.17, 15) is 0 Å². The summed E-state index contributed by atoms with van der Waals surface area (Å²) in [5.74, 6) is 0.930. The zero-order valence-corrected chi connectivity index (χ0v) is 13.2. The number of hydrogen-bond donors (Lipinski definition) is 0. The van der Waals surface area contributed by atoms with E-state index in [-0.39, 0.29) is 0 Å². The van der Waals surface area contributed by atoms with E-state index in [2.05, 4.69) is 40.5 Å². The molecule has 0 amide bonds. The molecule has 1 heterocycles. The first kappa shape index (κ1) is 16.2. The number of anilines is 1. The van der Waals surface area contributed by atoms with Crippen LogP contribution in [-0.2, 0) is 0 Å². The Labute approximate surface area is 121 Å². The fourth-order valence-electron chi connectivity index (χ4n) is 2.14. The standard InChI is InChI=1S/C14H25ClN4/c1-5-18(6-2)9-8-10-19(7-3)13-11-12(4)16-14(15)17-13/h11H,5-10H2,1-4H3. The fraction of sp³-hybridized carbons (Fsp3) is 0.714. The molecule has 0 bridgehead atoms. The van der Waals surface area contributed by atoms with Gasteiger partial charge in [0.1, 0.15) is 5.82 Å². The average Bonchev–Trinajstić information content (AvgIpc) is 2.38. The monoisotopic (exact) mass is 284 g/mol. The number of nitrogens with zero attached hydrogens (tertiary/aromatic N) is 4. The Morgan fingerprint density at radius 2 is 1.74 bits per heavy atom. The molecule has 0 saturated carbocycles. The lowest BCUT2D eigenvalue weighted by Gasteiger charge is -2.24. The van der Waals surface area contributed by atoms with Crippen LogP contribution in [0.25, 0.3) is 0 Å². The Morgan fingerprint density at radius 3 is 2.26 bits per heavy atom. The summed E-state index contributed by atoms with van der Waals surface area (Å²) in [5, 5.41) is 0.331. The van der Waals surface area contributed by atoms with Gasteiger partial charge in [-0.2, -0.15) is 0 Å². The van der Waals surface area contributed by atoms with E-state index in [0.717, 1.165) is 50.7 Å². The lowest BCUT2D eigenvalue weighted by Crippen LogP contribution is -2.30. The smallest absolute Gasteiger partial charge is 0.224 e. The Hall–Kier alpha value is -0.870. The molecule has 0 unspecified atom stereocenters. The molecule has 1 aromatic heterocycles. The first-order chi connectivity index (χ1) is 9.10. The maximum atomic E-state index is 5.92. The summed E-state index contributed by atoms with van der Waals surface area (Å²) in [5.41, 5.74) is 0.914. The SMILES string of the molecule is CCN(CC)CCCN(CC)c1cc(C)nc(Cl)n1. The summed E-state index contributed by atoms with van der Waals surface area (Å²) in [6, 6.07) is 1.99. The number of aryl methyl sites for hydroxylation is 1. The Balaban J connectivity index is 2.58. The first-order valence-corrected chi connectivity index (χ1v) is 7.46. The topological polar surface area (TPSA) is 32.3 Å². The van der Waals surface area contributed by atoms with Crippen molar-refractivity contribution in [3.63, 3.8) is 0 Å². The van der Waals surface area contributed by atoms with Gasteiger partial charge in [-0.05, 0) is 51.5 Å². The molecule has 0 N–H and O–H groups in total. The highest BCUT2D eigenvalue weighted by atomic mass is 35.5. The van der Waals surface area contributed by atoms with E-state index >= 15 is 0 Å². The number of aromatic nitrogens is 2. The molecule has 0 aliphatic heterocycles. The molecule has 4 nitrogen and oxygen atoms in total. The van der Waals surface area contributed by atoms with Gasteiger partial charge in [-0.25, -0.2) is 9.97 Å². The second-order valence-corrected chi connectivity index (χ2v) is 4.93. The van der Waals surface area contributed by atoms with Crippen LogP contribution < -0.4 is 4.90 Å². The summed E-state index contributed by atoms with van der Waals surface area (Å²) in [6.45, 7) is 13.8. The van der Waals surface area contributed by atoms with Crippen LogP contribution in [0.3, 0.4) is 0 Å². The van der Waals surface area contributed by atoms with Crippen molar-refractivity contribution in [1.29, 1.82) is 0 Å². The predicted octanol–water partition coefficient (Wildman–Crippen LogP) is 3.00. The predicted molar refractivity (Wildman–Crippen MR) is 82.1 cm³/mol. The molecule has 0 aromatic carbocycles. The van der Waals surface area contributed by atoms with Crippen LogP contribution >= 0.6 is 11.6 Å². The maximum Gasteiger partial charge on any atom is 0.224 e. The second-order valence-electron chi connectivity index (χ2n) is 4.60. The van der Waals surface area contributed by atoms with Gasteiger partial charge in [-0.1, -0.05) is 13.8 Å². The first-order valence-electron chi connectivity index (χ1n) is 7.09. The van der Waals surface area contributed by atoms with Crippen LogP contribution in [0, 0.1) is 6.92 Å². The molecule has 1 rings (SSSR count). The third-order valence-electron chi connectivity index (χ3n) is 3.32. The van der Waals surface area contributed by atoms with E-state index in [1.54, 1.807) is 0 Å². The molecule has 0 fully saturated rings. The lowest BCUT2D eigenvalue weighted by atomic mass is 10.3. The van der Waals surface area contributed by atoms with Gasteiger partial charge in [0.15, 0.2) is 0 Å². The van der Waals surface area contributed by atoms with Crippen molar-refractivity contribution in [1.82, 2.24) is 14.9 Å². The molecule has 0 saturated heterocycles. The summed E-state index contributed by atoms with van der Waals surface area (Å²) in [7, 11) is 0. The van der Waals surface area contributed by atoms with Crippen LogP contribution in [0.15, 0.2) is 6.07 Å². The van der Waals surface area contributed by atoms with Gasteiger partial charge >= 0.3 is 0 Å². The van der Waals surface area contributed by atoms with Gasteiger partial charge in [-0.3, -0.25) is 0 Å². The van der Waals surface area contributed by atoms with Crippen molar-refractivity contribution >= 4 is 17.4 Å². The average molecular weight is 285 g/mol. The van der Waals surface area contributed by atoms with Crippen molar-refractivity contribution in [3.05, 3.63) is 17.0 Å². The van der Waals surface area contributed by atoms with Crippen molar-refractivity contribution in [3.8, 4) is 0 Å². The van der Waals surface area contributed by atoms with Crippen molar-refractivity contribution in [2.75, 3.05) is 37.6 Å². The van der Waals surface area contributed by atoms with Gasteiger partial charge in [0.25, 0.3) is 0 Å². The Morgan fingerprint density at radius 1 is 1.05 bits per heavy atom. The van der Waals surface area contributed by atoms with Crippen LogP contribution in [0.1, 0.15) is 32.9 Å². The molecule has 19 heavy (non-hydrogen) atoms. The van der Waals surface area contributed by atoms with Gasteiger partial charge in [0.2, 0.25) is 5.28 Å². The number of rotatable bonds is 8. The van der Waals surface area contributed by atoms with Crippen LogP contribution in [0.2, 0.25) is 5.28 Å². The summed E-state index contributed by atoms with van der Waals surface area (Å²) < 4.78 is 0. The molecule has 0 radical (unpaired) electrons. The van der Waals surface area contributed by atoms with Gasteiger partial charge in [0.05, 0.1) is 0 Å². The van der Waals surface area contributed by atoms with Crippen LogP contribution in [0.4, 0.5) is 5.82 Å². The molecular weight excluding hydrogens is 260 g/mol. The van der Waals surface area contributed by atoms with Gasteiger partial charge in [0, 0.05) is 24.8 Å². The summed E-state index contributed by atoms with van der Waals surface area (Å²) in [4.78, 5) is 13.1. The fourth-order valence-corrected chi connectivity index (χ4v) is 2.36. The molecular formula is C14H25ClN4. The zero-order valence-electron chi connectivity index (χ0n) is 12.5. The third-order valence-corrected chi connectivity index (χ3v) is 3.48. The van der Waals surface area contributed by atoms with E-state index in [0.29, 0.717) is 5.28 Å². The van der Waals surface area contributed by atoms with E-state index in [1.165, 1.54) is 0 Å². The number of halogens is 1. The number of hydrogen-bond acceptors (Lipinski definition) is 4. The molecule has 5 heteroatoms. The lowest BCUT2D eigenvalue weighted by molar-refractivity contribution is 0.300. The third kappa shape index (κ3) is 5.33. The summed E-state index contributed by atoms with van der Waals surface area (Å²) >= 11 is 5.92. The highest BCUT2D eigenvalue weighted by Crippen LogP contribution is 2.15. The van der Waals surface area contributed by atoms with E-state index in [4.69, 9.17) is 11.6 Å². The largest absolute Gasteiger partial charge is 0.357 e. The second kappa shape index (κ2) is 8.33. The molecule has 0 aliphatic carbocycles. The zero-order chi connectivity index (χ0) is 14.3. The normalized spacial score (nSPS) is 11.1. The van der Waals surface area contributed by atoms with Crippen LogP contribution in [-0.4, -0.2) is 47.6 Å².